The van der Waals surface area contributed by atoms with Crippen molar-refractivity contribution in [2.75, 3.05) is 44.4 Å². The molecule has 2 aromatic rings. The molecule has 6 nitrogen and oxygen atoms in total. The molecule has 0 aliphatic carbocycles. The maximum Gasteiger partial charge on any atom is 0.160 e. The summed E-state index contributed by atoms with van der Waals surface area (Å²) in [7, 11) is 0. The van der Waals surface area contributed by atoms with Crippen molar-refractivity contribution in [2.24, 2.45) is 4.99 Å². The van der Waals surface area contributed by atoms with E-state index in [2.05, 4.69) is 25.8 Å². The summed E-state index contributed by atoms with van der Waals surface area (Å²) in [5.74, 6) is 1.73. The van der Waals surface area contributed by atoms with E-state index in [1.54, 1.807) is 11.0 Å². The second kappa shape index (κ2) is 10.6. The molecule has 0 aromatic heterocycles. The summed E-state index contributed by atoms with van der Waals surface area (Å²) in [5.41, 5.74) is 2.02. The molecule has 8 heteroatoms. The van der Waals surface area contributed by atoms with E-state index < -0.39 is 12.9 Å². The Bertz CT molecular complexity index is 966. The van der Waals surface area contributed by atoms with E-state index >= 15 is 0 Å². The standard InChI is InChI=1S/C24H29BrFN3O3/c1-17-27-21-7-5-18(25)15-20(21)24(30)29(17)22-8-6-19(16-23(22)32-14-9-26)31-13-4-12-28-10-2-3-11-28/h5-8,15-16,24,30H,2-4,9-14H2,1H3. The smallest absolute Gasteiger partial charge is 0.160 e. The maximum absolute atomic E-state index is 12.9. The minimum atomic E-state index is -0.944. The fourth-order valence-electron chi connectivity index (χ4n) is 4.22. The van der Waals surface area contributed by atoms with Crippen LogP contribution in [0.3, 0.4) is 0 Å². The summed E-state index contributed by atoms with van der Waals surface area (Å²) in [5, 5.41) is 11.1. The van der Waals surface area contributed by atoms with E-state index in [0.29, 0.717) is 35.2 Å². The molecule has 0 radical (unpaired) electrons. The molecule has 1 unspecified atom stereocenters. The minimum Gasteiger partial charge on any atom is -0.493 e. The summed E-state index contributed by atoms with van der Waals surface area (Å²) < 4.78 is 25.4. The average molecular weight is 506 g/mol. The number of aliphatic hydroxyl groups excluding tert-OH is 1. The summed E-state index contributed by atoms with van der Waals surface area (Å²) in [4.78, 5) is 8.78. The highest BCUT2D eigenvalue weighted by molar-refractivity contribution is 9.10. The Kier molecular flexibility index (Phi) is 7.65. The quantitative estimate of drug-likeness (QED) is 0.473. The first kappa shape index (κ1) is 23.0. The number of nitrogens with zero attached hydrogens (tertiary/aromatic N) is 3. The van der Waals surface area contributed by atoms with Gasteiger partial charge in [0.15, 0.2) is 6.23 Å². The number of hydrogen-bond acceptors (Lipinski definition) is 6. The van der Waals surface area contributed by atoms with Crippen LogP contribution in [0.5, 0.6) is 11.5 Å². The van der Waals surface area contributed by atoms with E-state index in [1.165, 1.54) is 25.9 Å². The number of aliphatic hydroxyl groups is 1. The van der Waals surface area contributed by atoms with Crippen LogP contribution in [0, 0.1) is 0 Å². The predicted octanol–water partition coefficient (Wildman–Crippen LogP) is 5.22. The third-order valence-corrected chi connectivity index (χ3v) is 6.25. The van der Waals surface area contributed by atoms with Gasteiger partial charge in [-0.15, -0.1) is 0 Å². The monoisotopic (exact) mass is 505 g/mol. The van der Waals surface area contributed by atoms with Crippen molar-refractivity contribution in [1.29, 1.82) is 0 Å². The predicted molar refractivity (Wildman–Crippen MR) is 128 cm³/mol. The van der Waals surface area contributed by atoms with Crippen molar-refractivity contribution < 1.29 is 19.0 Å². The van der Waals surface area contributed by atoms with E-state index in [-0.39, 0.29) is 6.61 Å². The van der Waals surface area contributed by atoms with Crippen LogP contribution in [0.1, 0.15) is 38.0 Å². The first-order chi connectivity index (χ1) is 15.6. The summed E-state index contributed by atoms with van der Waals surface area (Å²) in [6.45, 7) is 5.14. The second-order valence-corrected chi connectivity index (χ2v) is 8.94. The van der Waals surface area contributed by atoms with Gasteiger partial charge in [0, 0.05) is 22.6 Å². The molecule has 0 spiro atoms. The Labute approximate surface area is 196 Å². The molecule has 0 bridgehead atoms. The van der Waals surface area contributed by atoms with Crippen molar-refractivity contribution in [1.82, 2.24) is 4.90 Å². The molecule has 2 aromatic carbocycles. The van der Waals surface area contributed by atoms with Gasteiger partial charge in [0.2, 0.25) is 0 Å². The highest BCUT2D eigenvalue weighted by Gasteiger charge is 2.30. The largest absolute Gasteiger partial charge is 0.493 e. The first-order valence-electron chi connectivity index (χ1n) is 11.1. The van der Waals surface area contributed by atoms with E-state index in [4.69, 9.17) is 9.47 Å². The number of halogens is 2. The fourth-order valence-corrected chi connectivity index (χ4v) is 4.59. The Morgan fingerprint density at radius 3 is 2.72 bits per heavy atom. The van der Waals surface area contributed by atoms with E-state index in [1.807, 2.05) is 37.3 Å². The van der Waals surface area contributed by atoms with Gasteiger partial charge in [-0.2, -0.15) is 0 Å². The highest BCUT2D eigenvalue weighted by Crippen LogP contribution is 2.42. The lowest BCUT2D eigenvalue weighted by molar-refractivity contribution is 0.185. The highest BCUT2D eigenvalue weighted by atomic mass is 79.9. The van der Waals surface area contributed by atoms with E-state index in [0.717, 1.165) is 23.1 Å². The van der Waals surface area contributed by atoms with Gasteiger partial charge in [0.1, 0.15) is 30.6 Å². The second-order valence-electron chi connectivity index (χ2n) is 8.02. The molecule has 1 saturated heterocycles. The van der Waals surface area contributed by atoms with Crippen LogP contribution < -0.4 is 14.4 Å². The SMILES string of the molecule is CC1=Nc2ccc(Br)cc2C(O)N1c1ccc(OCCCN2CCCC2)cc1OCCF. The Morgan fingerprint density at radius 1 is 1.12 bits per heavy atom. The average Bonchev–Trinajstić information content (AvgIpc) is 3.30. The number of benzene rings is 2. The molecule has 0 saturated carbocycles. The van der Waals surface area contributed by atoms with Crippen LogP contribution in [0.2, 0.25) is 0 Å². The lowest BCUT2D eigenvalue weighted by atomic mass is 10.1. The van der Waals surface area contributed by atoms with Crippen molar-refractivity contribution in [3.8, 4) is 11.5 Å². The Morgan fingerprint density at radius 2 is 1.94 bits per heavy atom. The molecule has 2 aliphatic heterocycles. The van der Waals surface area contributed by atoms with Crippen molar-refractivity contribution in [3.05, 3.63) is 46.4 Å². The Balaban J connectivity index is 1.52. The number of rotatable bonds is 9. The number of alkyl halides is 1. The van der Waals surface area contributed by atoms with Crippen LogP contribution in [0.15, 0.2) is 45.9 Å². The van der Waals surface area contributed by atoms with Crippen molar-refractivity contribution >= 4 is 33.1 Å². The zero-order chi connectivity index (χ0) is 22.5. The van der Waals surface area contributed by atoms with Crippen LogP contribution in [-0.2, 0) is 0 Å². The van der Waals surface area contributed by atoms with Gasteiger partial charge < -0.3 is 19.5 Å². The lowest BCUT2D eigenvalue weighted by Crippen LogP contribution is -2.35. The van der Waals surface area contributed by atoms with Crippen LogP contribution in [-0.4, -0.2) is 55.4 Å². The van der Waals surface area contributed by atoms with Gasteiger partial charge in [-0.25, -0.2) is 9.38 Å². The van der Waals surface area contributed by atoms with Gasteiger partial charge in [0.25, 0.3) is 0 Å². The van der Waals surface area contributed by atoms with Gasteiger partial charge in [-0.05, 0) is 69.6 Å². The maximum atomic E-state index is 12.9. The fraction of sp³-hybridized carbons (Fsp3) is 0.458. The molecule has 1 fully saturated rings. The van der Waals surface area contributed by atoms with Crippen molar-refractivity contribution in [3.63, 3.8) is 0 Å². The Hall–Kier alpha value is -2.16. The molecule has 0 amide bonds. The third-order valence-electron chi connectivity index (χ3n) is 5.75. The zero-order valence-corrected chi connectivity index (χ0v) is 19.9. The molecule has 2 heterocycles. The number of anilines is 1. The molecular formula is C24H29BrFN3O3. The number of aliphatic imine (C=N–C) groups is 1. The minimum absolute atomic E-state index is 0.0757. The molecule has 4 rings (SSSR count). The molecular weight excluding hydrogens is 477 g/mol. The molecule has 172 valence electrons. The van der Waals surface area contributed by atoms with Crippen LogP contribution >= 0.6 is 15.9 Å². The molecule has 1 atom stereocenters. The number of likely N-dealkylation sites (tertiary alicyclic amines) is 1. The number of hydrogen-bond donors (Lipinski definition) is 1. The van der Waals surface area contributed by atoms with Gasteiger partial charge >= 0.3 is 0 Å². The van der Waals surface area contributed by atoms with Gasteiger partial charge in [-0.3, -0.25) is 4.90 Å². The third kappa shape index (κ3) is 5.24. The van der Waals surface area contributed by atoms with E-state index in [9.17, 15) is 9.50 Å². The summed E-state index contributed by atoms with van der Waals surface area (Å²) >= 11 is 3.45. The summed E-state index contributed by atoms with van der Waals surface area (Å²) in [6, 6.07) is 11.0. The molecule has 32 heavy (non-hydrogen) atoms. The van der Waals surface area contributed by atoms with Gasteiger partial charge in [0.05, 0.1) is 18.0 Å². The number of ether oxygens (including phenoxy) is 2. The summed E-state index contributed by atoms with van der Waals surface area (Å²) in [6.07, 6.45) is 2.57. The molecule has 1 N–H and O–H groups in total. The van der Waals surface area contributed by atoms with Crippen LogP contribution in [0.4, 0.5) is 15.8 Å². The lowest BCUT2D eigenvalue weighted by Gasteiger charge is -2.35. The normalized spacial score (nSPS) is 18.4. The van der Waals surface area contributed by atoms with Gasteiger partial charge in [-0.1, -0.05) is 15.9 Å². The number of amidine groups is 1. The molecule has 2 aliphatic rings. The van der Waals surface area contributed by atoms with Crippen molar-refractivity contribution in [2.45, 2.75) is 32.4 Å². The first-order valence-corrected chi connectivity index (χ1v) is 11.9. The zero-order valence-electron chi connectivity index (χ0n) is 18.3. The topological polar surface area (TPSA) is 57.5 Å². The van der Waals surface area contributed by atoms with Crippen LogP contribution in [0.25, 0.3) is 0 Å². The number of fused-ring (bicyclic) bond motifs is 1.